The van der Waals surface area contributed by atoms with E-state index >= 15 is 0 Å². The van der Waals surface area contributed by atoms with Crippen LogP contribution in [0.2, 0.25) is 0 Å². The molecule has 0 aromatic carbocycles. The molecule has 0 atom stereocenters. The number of rotatable bonds is 5. The summed E-state index contributed by atoms with van der Waals surface area (Å²) in [6.45, 7) is 2.14. The number of aromatic nitrogens is 2. The van der Waals surface area contributed by atoms with Gasteiger partial charge in [-0.1, -0.05) is 32.3 Å². The number of nitrogens with one attached hydrogen (secondary N) is 1. The Morgan fingerprint density at radius 2 is 2.17 bits per heavy atom. The van der Waals surface area contributed by atoms with Crippen molar-refractivity contribution in [3.63, 3.8) is 0 Å². The van der Waals surface area contributed by atoms with Gasteiger partial charge in [-0.15, -0.1) is 11.3 Å². The molecule has 1 aliphatic rings. The van der Waals surface area contributed by atoms with Crippen molar-refractivity contribution in [2.45, 2.75) is 57.8 Å². The van der Waals surface area contributed by atoms with Gasteiger partial charge in [-0.2, -0.15) is 0 Å². The number of carbonyl (C=O) groups excluding carboxylic acids is 1. The van der Waals surface area contributed by atoms with Crippen molar-refractivity contribution in [2.24, 2.45) is 0 Å². The quantitative estimate of drug-likeness (QED) is 0.888. The Bertz CT molecular complexity index is 648. The Balaban J connectivity index is 1.68. The third-order valence-electron chi connectivity index (χ3n) is 4.37. The van der Waals surface area contributed by atoms with Gasteiger partial charge in [0.2, 0.25) is 5.91 Å². The van der Waals surface area contributed by atoms with Crippen molar-refractivity contribution < 1.29 is 4.79 Å². The average Bonchev–Trinajstić information content (AvgIpc) is 2.99. The van der Waals surface area contributed by atoms with Crippen LogP contribution in [0.15, 0.2) is 24.5 Å². The zero-order chi connectivity index (χ0) is 16.1. The molecule has 1 saturated carbocycles. The van der Waals surface area contributed by atoms with Crippen LogP contribution in [0.3, 0.4) is 0 Å². The number of hydrogen-bond donors (Lipinski definition) is 1. The molecule has 1 aliphatic carbocycles. The monoisotopic (exact) mass is 329 g/mol. The van der Waals surface area contributed by atoms with Gasteiger partial charge in [0, 0.05) is 17.3 Å². The summed E-state index contributed by atoms with van der Waals surface area (Å²) in [5, 5.41) is 3.71. The van der Waals surface area contributed by atoms with E-state index < -0.39 is 0 Å². The Kier molecular flexibility index (Phi) is 5.39. The maximum absolute atomic E-state index is 12.2. The minimum atomic E-state index is -0.0235. The lowest BCUT2D eigenvalue weighted by Gasteiger charge is -2.20. The van der Waals surface area contributed by atoms with Crippen molar-refractivity contribution >= 4 is 22.4 Å². The molecule has 0 spiro atoms. The number of amides is 1. The summed E-state index contributed by atoms with van der Waals surface area (Å²) in [4.78, 5) is 22.3. The van der Waals surface area contributed by atoms with Gasteiger partial charge in [-0.3, -0.25) is 9.78 Å². The molecule has 0 radical (unpaired) electrons. The van der Waals surface area contributed by atoms with Crippen LogP contribution in [0.1, 0.15) is 61.1 Å². The smallest absolute Gasteiger partial charge is 0.230 e. The molecule has 2 heterocycles. The van der Waals surface area contributed by atoms with Gasteiger partial charge in [0.1, 0.15) is 0 Å². The molecule has 0 unspecified atom stereocenters. The summed E-state index contributed by atoms with van der Waals surface area (Å²) >= 11 is 1.67. The third kappa shape index (κ3) is 4.16. The van der Waals surface area contributed by atoms with E-state index in [4.69, 9.17) is 0 Å². The SMILES string of the molecule is CCc1nc(NC(=O)Cc2cccnc2)sc1C1CCCCC1. The fourth-order valence-electron chi connectivity index (χ4n) is 3.21. The molecule has 4 nitrogen and oxygen atoms in total. The Morgan fingerprint density at radius 3 is 2.87 bits per heavy atom. The van der Waals surface area contributed by atoms with Crippen molar-refractivity contribution in [3.05, 3.63) is 40.7 Å². The van der Waals surface area contributed by atoms with E-state index in [9.17, 15) is 4.79 Å². The fourth-order valence-corrected chi connectivity index (χ4v) is 4.44. The number of anilines is 1. The minimum Gasteiger partial charge on any atom is -0.302 e. The molecular weight excluding hydrogens is 306 g/mol. The second kappa shape index (κ2) is 7.68. The van der Waals surface area contributed by atoms with E-state index in [1.165, 1.54) is 42.7 Å². The van der Waals surface area contributed by atoms with E-state index in [-0.39, 0.29) is 5.91 Å². The van der Waals surface area contributed by atoms with Crippen LogP contribution in [0.4, 0.5) is 5.13 Å². The van der Waals surface area contributed by atoms with E-state index in [0.29, 0.717) is 12.3 Å². The largest absolute Gasteiger partial charge is 0.302 e. The molecule has 0 aliphatic heterocycles. The lowest BCUT2D eigenvalue weighted by atomic mass is 9.87. The number of nitrogens with zero attached hydrogens (tertiary/aromatic N) is 2. The molecule has 0 bridgehead atoms. The highest BCUT2D eigenvalue weighted by atomic mass is 32.1. The van der Waals surface area contributed by atoms with Crippen molar-refractivity contribution in [3.8, 4) is 0 Å². The summed E-state index contributed by atoms with van der Waals surface area (Å²) in [5.74, 6) is 0.616. The van der Waals surface area contributed by atoms with E-state index in [2.05, 4.69) is 22.2 Å². The second-order valence-electron chi connectivity index (χ2n) is 6.10. The molecule has 5 heteroatoms. The van der Waals surface area contributed by atoms with Crippen molar-refractivity contribution in [1.82, 2.24) is 9.97 Å². The molecule has 1 fully saturated rings. The van der Waals surface area contributed by atoms with Gasteiger partial charge < -0.3 is 5.32 Å². The van der Waals surface area contributed by atoms with Gasteiger partial charge in [-0.05, 0) is 36.8 Å². The Hall–Kier alpha value is -1.75. The highest BCUT2D eigenvalue weighted by Gasteiger charge is 2.22. The summed E-state index contributed by atoms with van der Waals surface area (Å²) in [7, 11) is 0. The zero-order valence-electron chi connectivity index (χ0n) is 13.5. The van der Waals surface area contributed by atoms with E-state index in [1.54, 1.807) is 23.7 Å². The molecule has 2 aromatic rings. The van der Waals surface area contributed by atoms with Crippen molar-refractivity contribution in [1.29, 1.82) is 0 Å². The second-order valence-corrected chi connectivity index (χ2v) is 7.14. The molecule has 3 rings (SSSR count). The first-order valence-corrected chi connectivity index (χ1v) is 9.26. The first-order chi connectivity index (χ1) is 11.3. The predicted octanol–water partition coefficient (Wildman–Crippen LogP) is 4.33. The van der Waals surface area contributed by atoms with Gasteiger partial charge in [0.05, 0.1) is 12.1 Å². The Morgan fingerprint density at radius 1 is 1.35 bits per heavy atom. The van der Waals surface area contributed by atoms with Gasteiger partial charge in [0.15, 0.2) is 5.13 Å². The summed E-state index contributed by atoms with van der Waals surface area (Å²) in [6, 6.07) is 3.77. The molecule has 1 amide bonds. The van der Waals surface area contributed by atoms with Crippen LogP contribution in [0, 0.1) is 0 Å². The maximum Gasteiger partial charge on any atom is 0.230 e. The van der Waals surface area contributed by atoms with Crippen LogP contribution in [-0.4, -0.2) is 15.9 Å². The predicted molar refractivity (Wildman–Crippen MR) is 93.9 cm³/mol. The molecule has 0 saturated heterocycles. The summed E-state index contributed by atoms with van der Waals surface area (Å²) < 4.78 is 0. The standard InChI is InChI=1S/C18H23N3OS/c1-2-15-17(14-8-4-3-5-9-14)23-18(20-15)21-16(22)11-13-7-6-10-19-12-13/h6-7,10,12,14H,2-5,8-9,11H2,1H3,(H,20,21,22). The van der Waals surface area contributed by atoms with Gasteiger partial charge >= 0.3 is 0 Å². The van der Waals surface area contributed by atoms with Gasteiger partial charge in [0.25, 0.3) is 0 Å². The lowest BCUT2D eigenvalue weighted by Crippen LogP contribution is -2.14. The van der Waals surface area contributed by atoms with E-state index in [0.717, 1.165) is 17.1 Å². The zero-order valence-corrected chi connectivity index (χ0v) is 14.4. The summed E-state index contributed by atoms with van der Waals surface area (Å²) in [6.07, 6.45) is 11.2. The van der Waals surface area contributed by atoms with Crippen LogP contribution in [0.5, 0.6) is 0 Å². The highest BCUT2D eigenvalue weighted by molar-refractivity contribution is 7.16. The summed E-state index contributed by atoms with van der Waals surface area (Å²) in [5.41, 5.74) is 2.09. The Labute approximate surface area is 141 Å². The fraction of sp³-hybridized carbons (Fsp3) is 0.500. The maximum atomic E-state index is 12.2. The van der Waals surface area contributed by atoms with Gasteiger partial charge in [-0.25, -0.2) is 4.98 Å². The third-order valence-corrected chi connectivity index (χ3v) is 5.55. The first-order valence-electron chi connectivity index (χ1n) is 8.44. The first kappa shape index (κ1) is 16.1. The minimum absolute atomic E-state index is 0.0235. The number of aryl methyl sites for hydroxylation is 1. The lowest BCUT2D eigenvalue weighted by molar-refractivity contribution is -0.115. The molecule has 122 valence electrons. The average molecular weight is 329 g/mol. The highest BCUT2D eigenvalue weighted by Crippen LogP contribution is 2.39. The topological polar surface area (TPSA) is 54.9 Å². The number of pyridine rings is 1. The van der Waals surface area contributed by atoms with Crippen LogP contribution in [-0.2, 0) is 17.6 Å². The molecule has 23 heavy (non-hydrogen) atoms. The van der Waals surface area contributed by atoms with E-state index in [1.807, 2.05) is 12.1 Å². The number of thiazole rings is 1. The van der Waals surface area contributed by atoms with Crippen LogP contribution >= 0.6 is 11.3 Å². The van der Waals surface area contributed by atoms with Crippen LogP contribution in [0.25, 0.3) is 0 Å². The molecular formula is C18H23N3OS. The van der Waals surface area contributed by atoms with Crippen molar-refractivity contribution in [2.75, 3.05) is 5.32 Å². The molecule has 2 aromatic heterocycles. The molecule has 1 N–H and O–H groups in total. The van der Waals surface area contributed by atoms with Crippen LogP contribution < -0.4 is 5.32 Å². The number of carbonyl (C=O) groups is 1. The normalized spacial score (nSPS) is 15.5. The number of hydrogen-bond acceptors (Lipinski definition) is 4.